The highest BCUT2D eigenvalue weighted by molar-refractivity contribution is 6.10. The van der Waals surface area contributed by atoms with Gasteiger partial charge in [0.1, 0.15) is 5.82 Å². The fourth-order valence-electron chi connectivity index (χ4n) is 2.87. The predicted octanol–water partition coefficient (Wildman–Crippen LogP) is 4.51. The minimum Gasteiger partial charge on any atom is -0.399 e. The smallest absolute Gasteiger partial charge is 0.123 e. The Hall–Kier alpha value is -2.81. The quantitative estimate of drug-likeness (QED) is 0.510. The molecule has 0 unspecified atom stereocenters. The highest BCUT2D eigenvalue weighted by Crippen LogP contribution is 2.33. The predicted molar refractivity (Wildman–Crippen MR) is 85.2 cm³/mol. The van der Waals surface area contributed by atoms with Crippen LogP contribution in [-0.2, 0) is 0 Å². The van der Waals surface area contributed by atoms with Gasteiger partial charge in [-0.15, -0.1) is 0 Å². The highest BCUT2D eigenvalue weighted by atomic mass is 19.1. The van der Waals surface area contributed by atoms with Gasteiger partial charge in [-0.2, -0.15) is 0 Å². The number of hydrogen-bond donors (Lipinski definition) is 1. The normalized spacial score (nSPS) is 11.3. The zero-order valence-corrected chi connectivity index (χ0v) is 11.3. The van der Waals surface area contributed by atoms with Gasteiger partial charge in [0, 0.05) is 22.1 Å². The number of nitrogen functional groups attached to an aromatic ring is 1. The second kappa shape index (κ2) is 4.35. The van der Waals surface area contributed by atoms with Gasteiger partial charge < -0.3 is 10.3 Å². The molecular formula is C18H13FN2. The van der Waals surface area contributed by atoms with Crippen molar-refractivity contribution in [2.45, 2.75) is 0 Å². The van der Waals surface area contributed by atoms with Crippen LogP contribution in [0, 0.1) is 5.82 Å². The van der Waals surface area contributed by atoms with Gasteiger partial charge >= 0.3 is 0 Å². The molecule has 0 bridgehead atoms. The first-order chi connectivity index (χ1) is 10.2. The van der Waals surface area contributed by atoms with Crippen LogP contribution in [0.1, 0.15) is 0 Å². The van der Waals surface area contributed by atoms with Gasteiger partial charge in [0.2, 0.25) is 0 Å². The van der Waals surface area contributed by atoms with E-state index in [9.17, 15) is 4.39 Å². The van der Waals surface area contributed by atoms with Crippen molar-refractivity contribution in [1.82, 2.24) is 4.57 Å². The van der Waals surface area contributed by atoms with Gasteiger partial charge in [-0.25, -0.2) is 4.39 Å². The molecule has 3 heteroatoms. The number of nitrogens with two attached hydrogens (primary N) is 1. The number of fused-ring (bicyclic) bond motifs is 3. The third-order valence-corrected chi connectivity index (χ3v) is 3.77. The third kappa shape index (κ3) is 1.78. The zero-order chi connectivity index (χ0) is 14.4. The lowest BCUT2D eigenvalue weighted by Crippen LogP contribution is -1.93. The average molecular weight is 276 g/mol. The maximum absolute atomic E-state index is 13.6. The van der Waals surface area contributed by atoms with Crippen LogP contribution in [0.3, 0.4) is 0 Å². The van der Waals surface area contributed by atoms with E-state index in [0.717, 1.165) is 27.5 Å². The summed E-state index contributed by atoms with van der Waals surface area (Å²) in [6.07, 6.45) is 0. The molecule has 0 saturated carbocycles. The van der Waals surface area contributed by atoms with Crippen molar-refractivity contribution >= 4 is 27.5 Å². The number of para-hydroxylation sites is 1. The number of benzene rings is 3. The molecule has 0 fully saturated rings. The van der Waals surface area contributed by atoms with E-state index in [1.54, 1.807) is 6.07 Å². The van der Waals surface area contributed by atoms with Crippen LogP contribution < -0.4 is 5.73 Å². The summed E-state index contributed by atoms with van der Waals surface area (Å²) in [4.78, 5) is 0. The molecule has 0 amide bonds. The van der Waals surface area contributed by atoms with Crippen LogP contribution in [0.15, 0.2) is 66.7 Å². The monoisotopic (exact) mass is 276 g/mol. The molecule has 0 aliphatic heterocycles. The van der Waals surface area contributed by atoms with Gasteiger partial charge in [0.05, 0.1) is 11.0 Å². The van der Waals surface area contributed by atoms with Gasteiger partial charge in [-0.3, -0.25) is 0 Å². The maximum Gasteiger partial charge on any atom is 0.123 e. The maximum atomic E-state index is 13.6. The van der Waals surface area contributed by atoms with E-state index in [4.69, 9.17) is 5.73 Å². The van der Waals surface area contributed by atoms with E-state index in [2.05, 4.69) is 4.57 Å². The topological polar surface area (TPSA) is 30.9 Å². The summed E-state index contributed by atoms with van der Waals surface area (Å²) >= 11 is 0. The van der Waals surface area contributed by atoms with E-state index >= 15 is 0 Å². The van der Waals surface area contributed by atoms with Gasteiger partial charge in [0.25, 0.3) is 0 Å². The van der Waals surface area contributed by atoms with E-state index < -0.39 is 0 Å². The van der Waals surface area contributed by atoms with E-state index in [-0.39, 0.29) is 5.82 Å². The molecule has 4 aromatic rings. The molecule has 3 aromatic carbocycles. The molecule has 0 aliphatic rings. The van der Waals surface area contributed by atoms with Crippen LogP contribution in [0.2, 0.25) is 0 Å². The van der Waals surface area contributed by atoms with Gasteiger partial charge in [0.15, 0.2) is 0 Å². The molecule has 0 atom stereocenters. The summed E-state index contributed by atoms with van der Waals surface area (Å²) in [7, 11) is 0. The molecule has 1 aromatic heterocycles. The first-order valence-electron chi connectivity index (χ1n) is 6.79. The number of nitrogens with zero attached hydrogens (tertiary/aromatic N) is 1. The second-order valence-electron chi connectivity index (χ2n) is 5.11. The molecule has 2 N–H and O–H groups in total. The van der Waals surface area contributed by atoms with Crippen molar-refractivity contribution in [3.05, 3.63) is 72.5 Å². The fourth-order valence-corrected chi connectivity index (χ4v) is 2.87. The third-order valence-electron chi connectivity index (χ3n) is 3.77. The number of hydrogen-bond acceptors (Lipinski definition) is 1. The van der Waals surface area contributed by atoms with Gasteiger partial charge in [-0.05, 0) is 48.5 Å². The van der Waals surface area contributed by atoms with Crippen molar-refractivity contribution in [2.24, 2.45) is 0 Å². The summed E-state index contributed by atoms with van der Waals surface area (Å²) < 4.78 is 15.8. The lowest BCUT2D eigenvalue weighted by atomic mass is 10.1. The fraction of sp³-hybridized carbons (Fsp3) is 0. The number of anilines is 1. The Morgan fingerprint density at radius 3 is 2.19 bits per heavy atom. The second-order valence-corrected chi connectivity index (χ2v) is 5.11. The molecule has 0 aliphatic carbocycles. The summed E-state index contributed by atoms with van der Waals surface area (Å²) in [5.74, 6) is -0.239. The molecule has 0 radical (unpaired) electrons. The number of aromatic nitrogens is 1. The van der Waals surface area contributed by atoms with E-state index in [0.29, 0.717) is 5.69 Å². The highest BCUT2D eigenvalue weighted by Gasteiger charge is 2.12. The van der Waals surface area contributed by atoms with Crippen molar-refractivity contribution < 1.29 is 4.39 Å². The average Bonchev–Trinajstić information content (AvgIpc) is 2.81. The van der Waals surface area contributed by atoms with E-state index in [1.807, 2.05) is 54.6 Å². The first kappa shape index (κ1) is 12.0. The van der Waals surface area contributed by atoms with Crippen LogP contribution in [0.4, 0.5) is 10.1 Å². The van der Waals surface area contributed by atoms with E-state index in [1.165, 1.54) is 6.07 Å². The van der Waals surface area contributed by atoms with Crippen molar-refractivity contribution in [3.8, 4) is 5.69 Å². The van der Waals surface area contributed by atoms with Crippen molar-refractivity contribution in [1.29, 1.82) is 0 Å². The summed E-state index contributed by atoms with van der Waals surface area (Å²) in [6, 6.07) is 20.7. The number of halogens is 1. The summed E-state index contributed by atoms with van der Waals surface area (Å²) in [6.45, 7) is 0. The van der Waals surface area contributed by atoms with Crippen LogP contribution in [-0.4, -0.2) is 4.57 Å². The molecule has 4 rings (SSSR count). The Labute approximate surface area is 121 Å². The Morgan fingerprint density at radius 1 is 0.762 bits per heavy atom. The standard InChI is InChI=1S/C18H13FN2/c19-12-6-8-17-15(10-12)16-11-13(20)7-9-18(16)21(17)14-4-2-1-3-5-14/h1-11H,20H2. The first-order valence-corrected chi connectivity index (χ1v) is 6.79. The molecule has 102 valence electrons. The Balaban J connectivity index is 2.22. The van der Waals surface area contributed by atoms with Crippen LogP contribution >= 0.6 is 0 Å². The molecule has 1 heterocycles. The lowest BCUT2D eigenvalue weighted by molar-refractivity contribution is 0.629. The minimum absolute atomic E-state index is 0.239. The van der Waals surface area contributed by atoms with Crippen molar-refractivity contribution in [2.75, 3.05) is 5.73 Å². The SMILES string of the molecule is Nc1ccc2c(c1)c1cc(F)ccc1n2-c1ccccc1. The Bertz CT molecular complexity index is 896. The largest absolute Gasteiger partial charge is 0.399 e. The minimum atomic E-state index is -0.239. The molecule has 0 spiro atoms. The Kier molecular flexibility index (Phi) is 2.48. The van der Waals surface area contributed by atoms with Crippen LogP contribution in [0.25, 0.3) is 27.5 Å². The lowest BCUT2D eigenvalue weighted by Gasteiger charge is -2.07. The van der Waals surface area contributed by atoms with Crippen molar-refractivity contribution in [3.63, 3.8) is 0 Å². The van der Waals surface area contributed by atoms with Crippen LogP contribution in [0.5, 0.6) is 0 Å². The Morgan fingerprint density at radius 2 is 1.43 bits per heavy atom. The molecule has 0 saturated heterocycles. The molecule has 2 nitrogen and oxygen atoms in total. The molecule has 21 heavy (non-hydrogen) atoms. The molecular weight excluding hydrogens is 263 g/mol. The van der Waals surface area contributed by atoms with Gasteiger partial charge in [-0.1, -0.05) is 18.2 Å². The zero-order valence-electron chi connectivity index (χ0n) is 11.3. The number of rotatable bonds is 1. The summed E-state index contributed by atoms with van der Waals surface area (Å²) in [5, 5.41) is 1.84. The summed E-state index contributed by atoms with van der Waals surface area (Å²) in [5.41, 5.74) is 9.63.